The Hall–Kier alpha value is -2.24. The smallest absolute Gasteiger partial charge is 0.354 e. The molecule has 17 heavy (non-hydrogen) atoms. The Kier molecular flexibility index (Phi) is 2.63. The van der Waals surface area contributed by atoms with E-state index in [0.717, 1.165) is 18.2 Å². The molecule has 0 aliphatic carbocycles. The Morgan fingerprint density at radius 2 is 2.00 bits per heavy atom. The van der Waals surface area contributed by atoms with Crippen LogP contribution in [0.25, 0.3) is 10.9 Å². The molecule has 0 radical (unpaired) electrons. The third kappa shape index (κ3) is 1.77. The molecular formula is C11H7F2NO3. The van der Waals surface area contributed by atoms with Crippen LogP contribution < -0.4 is 4.74 Å². The van der Waals surface area contributed by atoms with E-state index >= 15 is 0 Å². The van der Waals surface area contributed by atoms with Crippen LogP contribution in [0.1, 0.15) is 10.5 Å². The third-order valence-corrected chi connectivity index (χ3v) is 2.26. The van der Waals surface area contributed by atoms with E-state index in [4.69, 9.17) is 9.84 Å². The normalized spacial score (nSPS) is 10.5. The summed E-state index contributed by atoms with van der Waals surface area (Å²) < 4.78 is 31.8. The highest BCUT2D eigenvalue weighted by Crippen LogP contribution is 2.29. The van der Waals surface area contributed by atoms with Gasteiger partial charge in [-0.1, -0.05) is 0 Å². The van der Waals surface area contributed by atoms with Gasteiger partial charge in [0, 0.05) is 6.07 Å². The summed E-state index contributed by atoms with van der Waals surface area (Å²) in [6.07, 6.45) is 0. The molecule has 2 aromatic rings. The average molecular weight is 239 g/mol. The van der Waals surface area contributed by atoms with Crippen molar-refractivity contribution in [3.05, 3.63) is 35.5 Å². The fourth-order valence-corrected chi connectivity index (χ4v) is 1.50. The first kappa shape index (κ1) is 11.3. The second-order valence-corrected chi connectivity index (χ2v) is 3.27. The lowest BCUT2D eigenvalue weighted by Gasteiger charge is -2.07. The number of fused-ring (bicyclic) bond motifs is 1. The van der Waals surface area contributed by atoms with E-state index in [2.05, 4.69) is 4.98 Å². The zero-order chi connectivity index (χ0) is 12.6. The fourth-order valence-electron chi connectivity index (χ4n) is 1.50. The highest BCUT2D eigenvalue weighted by molar-refractivity contribution is 5.93. The second kappa shape index (κ2) is 3.97. The molecule has 6 heteroatoms. The van der Waals surface area contributed by atoms with E-state index in [1.807, 2.05) is 0 Å². The predicted molar refractivity (Wildman–Crippen MR) is 55.2 cm³/mol. The minimum atomic E-state index is -1.34. The molecule has 0 saturated heterocycles. The lowest BCUT2D eigenvalue weighted by molar-refractivity contribution is 0.0690. The first-order valence-electron chi connectivity index (χ1n) is 4.60. The van der Waals surface area contributed by atoms with Crippen LogP contribution >= 0.6 is 0 Å². The van der Waals surface area contributed by atoms with Gasteiger partial charge >= 0.3 is 5.97 Å². The number of hydrogen-bond donors (Lipinski definition) is 1. The molecule has 2 rings (SSSR count). The third-order valence-electron chi connectivity index (χ3n) is 2.26. The molecule has 0 fully saturated rings. The van der Waals surface area contributed by atoms with Gasteiger partial charge in [-0.3, -0.25) is 0 Å². The standard InChI is InChI=1S/C11H7F2NO3/c1-17-8-4-7(11(15)16)14-10-6(13)3-2-5(12)9(8)10/h2-4H,1H3,(H,15,16). The van der Waals surface area contributed by atoms with E-state index in [0.29, 0.717) is 0 Å². The topological polar surface area (TPSA) is 59.4 Å². The number of carbonyl (C=O) groups is 1. The number of hydrogen-bond acceptors (Lipinski definition) is 3. The van der Waals surface area contributed by atoms with Gasteiger partial charge in [-0.25, -0.2) is 18.6 Å². The molecule has 0 amide bonds. The van der Waals surface area contributed by atoms with E-state index in [-0.39, 0.29) is 16.7 Å². The lowest BCUT2D eigenvalue weighted by Crippen LogP contribution is -2.03. The van der Waals surface area contributed by atoms with Gasteiger partial charge in [0.2, 0.25) is 0 Å². The van der Waals surface area contributed by atoms with Gasteiger partial charge in [0.15, 0.2) is 5.69 Å². The average Bonchev–Trinajstić information content (AvgIpc) is 2.32. The van der Waals surface area contributed by atoms with Crippen LogP contribution in [0.2, 0.25) is 0 Å². The molecule has 1 N–H and O–H groups in total. The highest BCUT2D eigenvalue weighted by Gasteiger charge is 2.17. The Labute approximate surface area is 94.5 Å². The number of ether oxygens (including phenoxy) is 1. The Bertz CT molecular complexity index is 613. The summed E-state index contributed by atoms with van der Waals surface area (Å²) in [5.74, 6) is -2.93. The summed E-state index contributed by atoms with van der Waals surface area (Å²) in [5, 5.41) is 8.62. The van der Waals surface area contributed by atoms with Crippen molar-refractivity contribution < 1.29 is 23.4 Å². The molecule has 88 valence electrons. The second-order valence-electron chi connectivity index (χ2n) is 3.27. The SMILES string of the molecule is COc1cc(C(=O)O)nc2c(F)ccc(F)c12. The van der Waals surface area contributed by atoms with Gasteiger partial charge < -0.3 is 9.84 Å². The van der Waals surface area contributed by atoms with E-state index < -0.39 is 23.3 Å². The molecule has 1 aromatic heterocycles. The summed E-state index contributed by atoms with van der Waals surface area (Å²) in [4.78, 5) is 14.3. The quantitative estimate of drug-likeness (QED) is 0.872. The number of carboxylic acid groups (broad SMARTS) is 1. The van der Waals surface area contributed by atoms with Crippen molar-refractivity contribution in [1.29, 1.82) is 0 Å². The molecule has 0 aliphatic rings. The number of methoxy groups -OCH3 is 1. The molecule has 0 bridgehead atoms. The van der Waals surface area contributed by atoms with Gasteiger partial charge in [0.25, 0.3) is 0 Å². The molecule has 4 nitrogen and oxygen atoms in total. The molecule has 0 atom stereocenters. The van der Waals surface area contributed by atoms with Crippen molar-refractivity contribution in [3.8, 4) is 5.75 Å². The number of aromatic carboxylic acids is 1. The maximum absolute atomic E-state index is 13.5. The first-order chi connectivity index (χ1) is 8.04. The number of halogens is 2. The van der Waals surface area contributed by atoms with Crippen LogP contribution in [0, 0.1) is 11.6 Å². The van der Waals surface area contributed by atoms with Crippen LogP contribution in [-0.4, -0.2) is 23.2 Å². The van der Waals surface area contributed by atoms with Gasteiger partial charge in [0.1, 0.15) is 22.9 Å². The zero-order valence-electron chi connectivity index (χ0n) is 8.70. The number of nitrogens with zero attached hydrogens (tertiary/aromatic N) is 1. The maximum Gasteiger partial charge on any atom is 0.354 e. The molecular weight excluding hydrogens is 232 g/mol. The summed E-state index contributed by atoms with van der Waals surface area (Å²) in [6.45, 7) is 0. The van der Waals surface area contributed by atoms with Crippen molar-refractivity contribution in [2.75, 3.05) is 7.11 Å². The van der Waals surface area contributed by atoms with Gasteiger partial charge in [-0.05, 0) is 12.1 Å². The molecule has 1 heterocycles. The first-order valence-corrected chi connectivity index (χ1v) is 4.60. The Morgan fingerprint density at radius 1 is 1.35 bits per heavy atom. The maximum atomic E-state index is 13.5. The number of aromatic nitrogens is 1. The largest absolute Gasteiger partial charge is 0.496 e. The number of pyridine rings is 1. The van der Waals surface area contributed by atoms with Gasteiger partial charge in [-0.15, -0.1) is 0 Å². The number of rotatable bonds is 2. The van der Waals surface area contributed by atoms with Crippen molar-refractivity contribution in [1.82, 2.24) is 4.98 Å². The van der Waals surface area contributed by atoms with Crippen molar-refractivity contribution >= 4 is 16.9 Å². The monoisotopic (exact) mass is 239 g/mol. The van der Waals surface area contributed by atoms with Gasteiger partial charge in [0.05, 0.1) is 12.5 Å². The fraction of sp³-hybridized carbons (Fsp3) is 0.0909. The number of benzene rings is 1. The van der Waals surface area contributed by atoms with Crippen LogP contribution in [0.5, 0.6) is 5.75 Å². The van der Waals surface area contributed by atoms with Crippen LogP contribution in [0.3, 0.4) is 0 Å². The minimum Gasteiger partial charge on any atom is -0.496 e. The van der Waals surface area contributed by atoms with Gasteiger partial charge in [-0.2, -0.15) is 0 Å². The van der Waals surface area contributed by atoms with E-state index in [9.17, 15) is 13.6 Å². The van der Waals surface area contributed by atoms with Crippen LogP contribution in [0.4, 0.5) is 8.78 Å². The van der Waals surface area contributed by atoms with Crippen molar-refractivity contribution in [2.45, 2.75) is 0 Å². The van der Waals surface area contributed by atoms with Crippen LogP contribution in [0.15, 0.2) is 18.2 Å². The predicted octanol–water partition coefficient (Wildman–Crippen LogP) is 2.22. The van der Waals surface area contributed by atoms with Crippen molar-refractivity contribution in [2.24, 2.45) is 0 Å². The Balaban J connectivity index is 2.91. The minimum absolute atomic E-state index is 0.0654. The van der Waals surface area contributed by atoms with Crippen molar-refractivity contribution in [3.63, 3.8) is 0 Å². The molecule has 0 saturated carbocycles. The van der Waals surface area contributed by atoms with E-state index in [1.54, 1.807) is 0 Å². The molecule has 0 spiro atoms. The molecule has 0 aliphatic heterocycles. The van der Waals surface area contributed by atoms with E-state index in [1.165, 1.54) is 7.11 Å². The summed E-state index contributed by atoms with van der Waals surface area (Å²) in [6, 6.07) is 2.87. The zero-order valence-corrected chi connectivity index (χ0v) is 8.70. The lowest BCUT2D eigenvalue weighted by atomic mass is 10.1. The number of carboxylic acids is 1. The highest BCUT2D eigenvalue weighted by atomic mass is 19.1. The van der Waals surface area contributed by atoms with Crippen LogP contribution in [-0.2, 0) is 0 Å². The molecule has 1 aromatic carbocycles. The Morgan fingerprint density at radius 3 is 2.59 bits per heavy atom. The summed E-state index contributed by atoms with van der Waals surface area (Å²) in [7, 11) is 1.24. The summed E-state index contributed by atoms with van der Waals surface area (Å²) >= 11 is 0. The summed E-state index contributed by atoms with van der Waals surface area (Å²) in [5.41, 5.74) is -0.763. The molecule has 0 unspecified atom stereocenters.